The summed E-state index contributed by atoms with van der Waals surface area (Å²) in [6.45, 7) is 1.46. The zero-order valence-electron chi connectivity index (χ0n) is 11.5. The summed E-state index contributed by atoms with van der Waals surface area (Å²) < 4.78 is 13.4. The van der Waals surface area contributed by atoms with Crippen molar-refractivity contribution in [2.24, 2.45) is 0 Å². The third kappa shape index (κ3) is 4.14. The van der Waals surface area contributed by atoms with E-state index in [1.54, 1.807) is 36.4 Å². The van der Waals surface area contributed by atoms with Crippen LogP contribution in [0.5, 0.6) is 0 Å². The van der Waals surface area contributed by atoms with Crippen LogP contribution in [0, 0.1) is 5.82 Å². The van der Waals surface area contributed by atoms with Crippen LogP contribution in [-0.2, 0) is 4.79 Å². The van der Waals surface area contributed by atoms with Crippen LogP contribution in [0.15, 0.2) is 48.5 Å². The van der Waals surface area contributed by atoms with Crippen molar-refractivity contribution < 1.29 is 14.0 Å². The van der Waals surface area contributed by atoms with Crippen molar-refractivity contribution in [3.8, 4) is 0 Å². The van der Waals surface area contributed by atoms with Crippen LogP contribution in [0.25, 0.3) is 0 Å². The molecule has 2 rings (SSSR count). The summed E-state index contributed by atoms with van der Waals surface area (Å²) in [5, 5.41) is 5.37. The first-order valence-electron chi connectivity index (χ1n) is 6.45. The highest BCUT2D eigenvalue weighted by atomic mass is 19.1. The number of para-hydroxylation sites is 1. The monoisotopic (exact) mass is 286 g/mol. The van der Waals surface area contributed by atoms with E-state index in [1.165, 1.54) is 19.1 Å². The van der Waals surface area contributed by atoms with E-state index >= 15 is 0 Å². The summed E-state index contributed by atoms with van der Waals surface area (Å²) in [4.78, 5) is 23.0. The highest BCUT2D eigenvalue weighted by molar-refractivity contribution is 5.96. The number of carbonyl (C=O) groups excluding carboxylic acids is 2. The summed E-state index contributed by atoms with van der Waals surface area (Å²) >= 11 is 0. The van der Waals surface area contributed by atoms with Crippen molar-refractivity contribution >= 4 is 23.1 Å². The molecule has 21 heavy (non-hydrogen) atoms. The molecule has 0 saturated heterocycles. The number of nitrogens with one attached hydrogen (secondary N) is 2. The van der Waals surface area contributed by atoms with Gasteiger partial charge in [-0.3, -0.25) is 9.59 Å². The minimum atomic E-state index is -0.482. The fourth-order valence-corrected chi connectivity index (χ4v) is 1.79. The molecular formula is C16H15FN2O2. The van der Waals surface area contributed by atoms with Crippen molar-refractivity contribution in [3.63, 3.8) is 0 Å². The topological polar surface area (TPSA) is 58.2 Å². The van der Waals surface area contributed by atoms with Gasteiger partial charge < -0.3 is 10.6 Å². The maximum Gasteiger partial charge on any atom is 0.243 e. The van der Waals surface area contributed by atoms with E-state index in [4.69, 9.17) is 0 Å². The van der Waals surface area contributed by atoms with Crippen LogP contribution in [0.2, 0.25) is 0 Å². The highest BCUT2D eigenvalue weighted by Gasteiger charge is 2.06. The summed E-state index contributed by atoms with van der Waals surface area (Å²) in [5.41, 5.74) is 1.36. The summed E-state index contributed by atoms with van der Waals surface area (Å²) in [6, 6.07) is 12.8. The van der Waals surface area contributed by atoms with Gasteiger partial charge in [0.2, 0.25) is 5.91 Å². The fourth-order valence-electron chi connectivity index (χ4n) is 1.79. The minimum absolute atomic E-state index is 0.0182. The van der Waals surface area contributed by atoms with Gasteiger partial charge in [-0.05, 0) is 31.2 Å². The largest absolute Gasteiger partial charge is 0.376 e. The van der Waals surface area contributed by atoms with E-state index in [-0.39, 0.29) is 23.9 Å². The van der Waals surface area contributed by atoms with Gasteiger partial charge in [0.15, 0.2) is 5.78 Å². The van der Waals surface area contributed by atoms with Crippen molar-refractivity contribution in [2.45, 2.75) is 6.92 Å². The zero-order valence-corrected chi connectivity index (χ0v) is 11.5. The Morgan fingerprint density at radius 1 is 1.10 bits per heavy atom. The van der Waals surface area contributed by atoms with E-state index in [0.29, 0.717) is 11.3 Å². The number of ketones is 1. The summed E-state index contributed by atoms with van der Waals surface area (Å²) in [7, 11) is 0. The second kappa shape index (κ2) is 6.65. The number of anilines is 2. The first kappa shape index (κ1) is 14.7. The molecule has 0 aromatic heterocycles. The van der Waals surface area contributed by atoms with Crippen LogP contribution in [0.1, 0.15) is 17.3 Å². The lowest BCUT2D eigenvalue weighted by atomic mass is 10.1. The molecule has 2 aromatic rings. The van der Waals surface area contributed by atoms with E-state index < -0.39 is 5.82 Å². The van der Waals surface area contributed by atoms with Crippen LogP contribution >= 0.6 is 0 Å². The minimum Gasteiger partial charge on any atom is -0.376 e. The molecule has 1 amide bonds. The SMILES string of the molecule is CC(=O)c1cccc(NCC(=O)Nc2ccccc2F)c1. The van der Waals surface area contributed by atoms with Crippen molar-refractivity contribution in [1.82, 2.24) is 0 Å². The zero-order chi connectivity index (χ0) is 15.2. The van der Waals surface area contributed by atoms with Gasteiger partial charge in [-0.25, -0.2) is 4.39 Å². The number of carbonyl (C=O) groups is 2. The lowest BCUT2D eigenvalue weighted by Crippen LogP contribution is -2.22. The molecule has 4 nitrogen and oxygen atoms in total. The van der Waals surface area contributed by atoms with Crippen LogP contribution < -0.4 is 10.6 Å². The average Bonchev–Trinajstić information content (AvgIpc) is 2.48. The van der Waals surface area contributed by atoms with Gasteiger partial charge in [-0.1, -0.05) is 24.3 Å². The van der Waals surface area contributed by atoms with Crippen molar-refractivity contribution in [2.75, 3.05) is 17.2 Å². The molecule has 0 spiro atoms. The number of hydrogen-bond donors (Lipinski definition) is 2. The number of rotatable bonds is 5. The predicted octanol–water partition coefficient (Wildman–Crippen LogP) is 3.08. The Kier molecular flexibility index (Phi) is 4.66. The normalized spacial score (nSPS) is 10.0. The number of halogens is 1. The predicted molar refractivity (Wildman–Crippen MR) is 80.0 cm³/mol. The summed E-state index contributed by atoms with van der Waals surface area (Å²) in [5.74, 6) is -0.896. The molecule has 2 N–H and O–H groups in total. The van der Waals surface area contributed by atoms with E-state index in [0.717, 1.165) is 0 Å². The standard InChI is InChI=1S/C16H15FN2O2/c1-11(20)12-5-4-6-13(9-12)18-10-16(21)19-15-8-3-2-7-14(15)17/h2-9,18H,10H2,1H3,(H,19,21). The lowest BCUT2D eigenvalue weighted by molar-refractivity contribution is -0.114. The molecule has 0 unspecified atom stereocenters. The molecule has 0 atom stereocenters. The average molecular weight is 286 g/mol. The van der Waals surface area contributed by atoms with Crippen molar-refractivity contribution in [3.05, 3.63) is 59.9 Å². The smallest absolute Gasteiger partial charge is 0.243 e. The lowest BCUT2D eigenvalue weighted by Gasteiger charge is -2.09. The van der Waals surface area contributed by atoms with Gasteiger partial charge >= 0.3 is 0 Å². The molecule has 0 saturated carbocycles. The first-order valence-corrected chi connectivity index (χ1v) is 6.45. The van der Waals surface area contributed by atoms with E-state index in [2.05, 4.69) is 10.6 Å². The molecular weight excluding hydrogens is 271 g/mol. The molecule has 5 heteroatoms. The third-order valence-electron chi connectivity index (χ3n) is 2.87. The number of amides is 1. The second-order valence-corrected chi connectivity index (χ2v) is 4.52. The van der Waals surface area contributed by atoms with Gasteiger partial charge in [0, 0.05) is 11.3 Å². The van der Waals surface area contributed by atoms with Crippen LogP contribution in [0.3, 0.4) is 0 Å². The molecule has 0 radical (unpaired) electrons. The second-order valence-electron chi connectivity index (χ2n) is 4.52. The number of hydrogen-bond acceptors (Lipinski definition) is 3. The van der Waals surface area contributed by atoms with Gasteiger partial charge in [0.25, 0.3) is 0 Å². The van der Waals surface area contributed by atoms with Crippen molar-refractivity contribution in [1.29, 1.82) is 0 Å². The Labute approximate surface area is 122 Å². The molecule has 0 bridgehead atoms. The van der Waals surface area contributed by atoms with Gasteiger partial charge in [0.1, 0.15) is 5.82 Å². The molecule has 0 heterocycles. The quantitative estimate of drug-likeness (QED) is 0.830. The van der Waals surface area contributed by atoms with Gasteiger partial charge in [-0.15, -0.1) is 0 Å². The van der Waals surface area contributed by atoms with Gasteiger partial charge in [-0.2, -0.15) is 0 Å². The highest BCUT2D eigenvalue weighted by Crippen LogP contribution is 2.13. The third-order valence-corrected chi connectivity index (χ3v) is 2.87. The Hall–Kier alpha value is -2.69. The molecule has 0 fully saturated rings. The number of benzene rings is 2. The van der Waals surface area contributed by atoms with Gasteiger partial charge in [0.05, 0.1) is 12.2 Å². The Bertz CT molecular complexity index is 671. The maximum absolute atomic E-state index is 13.4. The Morgan fingerprint density at radius 2 is 1.86 bits per heavy atom. The van der Waals surface area contributed by atoms with E-state index in [1.807, 2.05) is 0 Å². The number of Topliss-reactive ketones (excluding diaryl/α,β-unsaturated/α-hetero) is 1. The molecule has 108 valence electrons. The first-order chi connectivity index (χ1) is 10.1. The molecule has 0 aliphatic carbocycles. The summed E-state index contributed by atoms with van der Waals surface area (Å²) in [6.07, 6.45) is 0. The molecule has 2 aromatic carbocycles. The van der Waals surface area contributed by atoms with Crippen LogP contribution in [0.4, 0.5) is 15.8 Å². The Balaban J connectivity index is 1.94. The van der Waals surface area contributed by atoms with E-state index in [9.17, 15) is 14.0 Å². The maximum atomic E-state index is 13.4. The molecule has 0 aliphatic heterocycles. The molecule has 0 aliphatic rings. The van der Waals surface area contributed by atoms with Crippen LogP contribution in [-0.4, -0.2) is 18.2 Å². The Morgan fingerprint density at radius 3 is 2.57 bits per heavy atom. The fraction of sp³-hybridized carbons (Fsp3) is 0.125.